The lowest BCUT2D eigenvalue weighted by atomic mass is 10.1. The van der Waals surface area contributed by atoms with Crippen LogP contribution in [0.2, 0.25) is 0 Å². The van der Waals surface area contributed by atoms with E-state index in [0.717, 1.165) is 0 Å². The highest BCUT2D eigenvalue weighted by molar-refractivity contribution is 7.89. The van der Waals surface area contributed by atoms with E-state index < -0.39 is 10.0 Å². The van der Waals surface area contributed by atoms with Crippen LogP contribution in [-0.2, 0) is 26.1 Å². The zero-order valence-corrected chi connectivity index (χ0v) is 19.0. The third-order valence-electron chi connectivity index (χ3n) is 5.64. The summed E-state index contributed by atoms with van der Waals surface area (Å²) in [6.07, 6.45) is -0.324. The number of carbonyl (C=O) groups excluding carboxylic acids is 1. The number of rotatable bonds is 6. The minimum atomic E-state index is -3.50. The molecule has 0 saturated carbocycles. The van der Waals surface area contributed by atoms with Gasteiger partial charge in [0.1, 0.15) is 6.54 Å². The summed E-state index contributed by atoms with van der Waals surface area (Å²) in [5.74, 6) is -0.494. The molecule has 170 valence electrons. The van der Waals surface area contributed by atoms with Crippen molar-refractivity contribution in [3.05, 3.63) is 58.8 Å². The highest BCUT2D eigenvalue weighted by atomic mass is 32.2. The molecule has 2 heterocycles. The predicted octanol–water partition coefficient (Wildman–Crippen LogP) is 1.71. The van der Waals surface area contributed by atoms with Crippen molar-refractivity contribution < 1.29 is 17.9 Å². The van der Waals surface area contributed by atoms with Gasteiger partial charge in [0.25, 0.3) is 0 Å². The summed E-state index contributed by atoms with van der Waals surface area (Å²) in [7, 11) is -3.50. The van der Waals surface area contributed by atoms with Gasteiger partial charge in [0.05, 0.1) is 29.0 Å². The summed E-state index contributed by atoms with van der Waals surface area (Å²) in [5, 5.41) is 3.80. The van der Waals surface area contributed by atoms with Crippen LogP contribution < -0.4 is 10.7 Å². The molecule has 1 aliphatic heterocycles. The predicted molar refractivity (Wildman–Crippen MR) is 124 cm³/mol. The highest BCUT2D eigenvalue weighted by Gasteiger charge is 2.30. The number of benzene rings is 2. The summed E-state index contributed by atoms with van der Waals surface area (Å²) in [6, 6.07) is 14.3. The zero-order valence-electron chi connectivity index (χ0n) is 18.2. The first-order chi connectivity index (χ1) is 15.3. The Morgan fingerprint density at radius 1 is 1.00 bits per heavy atom. The average Bonchev–Trinajstić information content (AvgIpc) is 2.76. The standard InChI is InChI=1S/C23H27N3O5S/c1-16-13-25(14-17(2)31-16)32(29,30)12-11-24-22(27)15-26-20-9-5-3-7-18(20)23(28)19-8-4-6-10-21(19)26/h3-10,16-17H,11-15H2,1-2H3,(H,24,27). The number of carbonyl (C=O) groups is 1. The molecule has 1 fully saturated rings. The molecule has 1 saturated heterocycles. The largest absolute Gasteiger partial charge is 0.373 e. The van der Waals surface area contributed by atoms with Crippen molar-refractivity contribution >= 4 is 37.7 Å². The summed E-state index contributed by atoms with van der Waals surface area (Å²) >= 11 is 0. The van der Waals surface area contributed by atoms with Crippen LogP contribution in [0.25, 0.3) is 21.8 Å². The Morgan fingerprint density at radius 2 is 1.53 bits per heavy atom. The van der Waals surface area contributed by atoms with E-state index in [-0.39, 0.29) is 42.4 Å². The minimum Gasteiger partial charge on any atom is -0.373 e. The smallest absolute Gasteiger partial charge is 0.239 e. The van der Waals surface area contributed by atoms with Crippen molar-refractivity contribution in [2.75, 3.05) is 25.4 Å². The van der Waals surface area contributed by atoms with Gasteiger partial charge in [-0.25, -0.2) is 8.42 Å². The second kappa shape index (κ2) is 9.01. The zero-order chi connectivity index (χ0) is 22.9. The van der Waals surface area contributed by atoms with Crippen molar-refractivity contribution in [3.63, 3.8) is 0 Å². The fourth-order valence-electron chi connectivity index (χ4n) is 4.25. The molecule has 32 heavy (non-hydrogen) atoms. The molecule has 2 unspecified atom stereocenters. The lowest BCUT2D eigenvalue weighted by molar-refractivity contribution is -0.121. The fourth-order valence-corrected chi connectivity index (χ4v) is 5.75. The van der Waals surface area contributed by atoms with Crippen molar-refractivity contribution in [1.82, 2.24) is 14.2 Å². The van der Waals surface area contributed by atoms with E-state index in [1.807, 2.05) is 38.1 Å². The van der Waals surface area contributed by atoms with E-state index in [1.165, 1.54) is 4.31 Å². The van der Waals surface area contributed by atoms with Crippen molar-refractivity contribution in [3.8, 4) is 0 Å². The maximum Gasteiger partial charge on any atom is 0.239 e. The number of nitrogens with zero attached hydrogens (tertiary/aromatic N) is 2. The molecule has 1 aromatic heterocycles. The van der Waals surface area contributed by atoms with Crippen LogP contribution in [0.4, 0.5) is 0 Å². The Balaban J connectivity index is 1.49. The summed E-state index contributed by atoms with van der Waals surface area (Å²) < 4.78 is 34.2. The lowest BCUT2D eigenvalue weighted by Crippen LogP contribution is -2.49. The molecule has 1 amide bonds. The van der Waals surface area contributed by atoms with Gasteiger partial charge in [-0.1, -0.05) is 24.3 Å². The van der Waals surface area contributed by atoms with E-state index in [1.54, 1.807) is 28.8 Å². The monoisotopic (exact) mass is 457 g/mol. The molecule has 4 rings (SSSR count). The molecular weight excluding hydrogens is 430 g/mol. The van der Waals surface area contributed by atoms with Gasteiger partial charge in [-0.05, 0) is 38.1 Å². The first kappa shape index (κ1) is 22.4. The van der Waals surface area contributed by atoms with Gasteiger partial charge < -0.3 is 14.6 Å². The normalized spacial score (nSPS) is 19.9. The quantitative estimate of drug-likeness (QED) is 0.569. The summed E-state index contributed by atoms with van der Waals surface area (Å²) in [5.41, 5.74) is 1.25. The maximum atomic E-state index is 12.8. The van der Waals surface area contributed by atoms with E-state index >= 15 is 0 Å². The molecule has 1 aliphatic rings. The summed E-state index contributed by atoms with van der Waals surface area (Å²) in [6.45, 7) is 4.31. The van der Waals surface area contributed by atoms with Gasteiger partial charge in [0.2, 0.25) is 15.9 Å². The number of amides is 1. The van der Waals surface area contributed by atoms with Crippen LogP contribution in [0.5, 0.6) is 0 Å². The molecule has 0 aliphatic carbocycles. The maximum absolute atomic E-state index is 12.8. The molecule has 9 heteroatoms. The number of hydrogen-bond donors (Lipinski definition) is 1. The van der Waals surface area contributed by atoms with Crippen LogP contribution in [0, 0.1) is 0 Å². The number of morpholine rings is 1. The van der Waals surface area contributed by atoms with E-state index in [4.69, 9.17) is 4.74 Å². The SMILES string of the molecule is CC1CN(S(=O)(=O)CCNC(=O)Cn2c3ccccc3c(=O)c3ccccc32)CC(C)O1. The Labute approximate surface area is 186 Å². The third kappa shape index (κ3) is 4.55. The van der Waals surface area contributed by atoms with Crippen LogP contribution in [-0.4, -0.2) is 60.8 Å². The van der Waals surface area contributed by atoms with Gasteiger partial charge in [0, 0.05) is 30.4 Å². The summed E-state index contributed by atoms with van der Waals surface area (Å²) in [4.78, 5) is 25.5. The van der Waals surface area contributed by atoms with Gasteiger partial charge in [-0.3, -0.25) is 9.59 Å². The molecule has 0 bridgehead atoms. The first-order valence-corrected chi connectivity index (χ1v) is 12.3. The molecular formula is C23H27N3O5S. The van der Waals surface area contributed by atoms with E-state index in [9.17, 15) is 18.0 Å². The van der Waals surface area contributed by atoms with Gasteiger partial charge in [-0.2, -0.15) is 4.31 Å². The number of para-hydroxylation sites is 2. The Morgan fingerprint density at radius 3 is 2.09 bits per heavy atom. The first-order valence-electron chi connectivity index (χ1n) is 10.7. The Hall–Kier alpha value is -2.75. The van der Waals surface area contributed by atoms with Crippen molar-refractivity contribution in [2.24, 2.45) is 0 Å². The fraction of sp³-hybridized carbons (Fsp3) is 0.391. The van der Waals surface area contributed by atoms with Crippen LogP contribution in [0.15, 0.2) is 53.3 Å². The number of sulfonamides is 1. The van der Waals surface area contributed by atoms with Crippen molar-refractivity contribution in [1.29, 1.82) is 0 Å². The molecule has 0 radical (unpaired) electrons. The topological polar surface area (TPSA) is 97.7 Å². The molecule has 2 atom stereocenters. The van der Waals surface area contributed by atoms with Gasteiger partial charge in [0.15, 0.2) is 5.43 Å². The molecule has 2 aromatic carbocycles. The van der Waals surface area contributed by atoms with Crippen LogP contribution >= 0.6 is 0 Å². The van der Waals surface area contributed by atoms with Gasteiger partial charge >= 0.3 is 0 Å². The number of nitrogens with one attached hydrogen (secondary N) is 1. The average molecular weight is 458 g/mol. The van der Waals surface area contributed by atoms with Crippen LogP contribution in [0.3, 0.4) is 0 Å². The number of hydrogen-bond acceptors (Lipinski definition) is 5. The second-order valence-electron chi connectivity index (χ2n) is 8.19. The van der Waals surface area contributed by atoms with Gasteiger partial charge in [-0.15, -0.1) is 0 Å². The highest BCUT2D eigenvalue weighted by Crippen LogP contribution is 2.19. The van der Waals surface area contributed by atoms with Crippen LogP contribution in [0.1, 0.15) is 13.8 Å². The molecule has 3 aromatic rings. The number of fused-ring (bicyclic) bond motifs is 2. The molecule has 0 spiro atoms. The number of aromatic nitrogens is 1. The number of pyridine rings is 1. The minimum absolute atomic E-state index is 0.0113. The lowest BCUT2D eigenvalue weighted by Gasteiger charge is -2.34. The van der Waals surface area contributed by atoms with E-state index in [0.29, 0.717) is 34.9 Å². The second-order valence-corrected chi connectivity index (χ2v) is 10.3. The third-order valence-corrected chi connectivity index (χ3v) is 7.45. The van der Waals surface area contributed by atoms with Crippen molar-refractivity contribution in [2.45, 2.75) is 32.6 Å². The Kier molecular flexibility index (Phi) is 6.32. The molecule has 1 N–H and O–H groups in total. The number of ether oxygens (including phenoxy) is 1. The molecule has 8 nitrogen and oxygen atoms in total. The van der Waals surface area contributed by atoms with E-state index in [2.05, 4.69) is 5.32 Å². The Bertz CT molecular complexity index is 1250.